The average molecular weight is 494 g/mol. The van der Waals surface area contributed by atoms with Crippen molar-refractivity contribution in [3.63, 3.8) is 0 Å². The molecule has 3 rings (SSSR count). The SMILES string of the molecule is C[C@@H]1CN([C@@H](C)CO)C(=O)c2cc(C#CCN(C)C)cnc2O[C@H]1CN(C)C(=O)Cc1cccnc1. The van der Waals surface area contributed by atoms with Crippen LogP contribution in [0.25, 0.3) is 0 Å². The van der Waals surface area contributed by atoms with E-state index in [4.69, 9.17) is 4.74 Å². The first-order valence-electron chi connectivity index (χ1n) is 12.0. The number of aliphatic hydroxyl groups is 1. The predicted octanol–water partition coefficient (Wildman–Crippen LogP) is 1.31. The summed E-state index contributed by atoms with van der Waals surface area (Å²) in [7, 11) is 5.60. The molecule has 2 aromatic heterocycles. The second kappa shape index (κ2) is 12.5. The molecule has 1 aliphatic heterocycles. The Kier molecular flexibility index (Phi) is 9.39. The number of nitrogens with zero attached hydrogens (tertiary/aromatic N) is 5. The number of fused-ring (bicyclic) bond motifs is 1. The maximum Gasteiger partial charge on any atom is 0.259 e. The lowest BCUT2D eigenvalue weighted by atomic mass is 9.99. The summed E-state index contributed by atoms with van der Waals surface area (Å²) in [6.07, 6.45) is 4.77. The second-order valence-electron chi connectivity index (χ2n) is 9.55. The van der Waals surface area contributed by atoms with E-state index in [9.17, 15) is 14.7 Å². The third kappa shape index (κ3) is 7.03. The molecule has 0 spiro atoms. The number of hydrogen-bond acceptors (Lipinski definition) is 7. The van der Waals surface area contributed by atoms with Crippen LogP contribution in [-0.2, 0) is 11.2 Å². The summed E-state index contributed by atoms with van der Waals surface area (Å²) in [5.74, 6) is 5.86. The summed E-state index contributed by atoms with van der Waals surface area (Å²) >= 11 is 0. The smallest absolute Gasteiger partial charge is 0.259 e. The third-order valence-electron chi connectivity index (χ3n) is 6.11. The van der Waals surface area contributed by atoms with E-state index >= 15 is 0 Å². The molecular formula is C27H35N5O4. The highest BCUT2D eigenvalue weighted by Gasteiger charge is 2.34. The lowest BCUT2D eigenvalue weighted by Gasteiger charge is -2.37. The van der Waals surface area contributed by atoms with Gasteiger partial charge in [0.2, 0.25) is 11.8 Å². The zero-order chi connectivity index (χ0) is 26.2. The van der Waals surface area contributed by atoms with Gasteiger partial charge in [0.05, 0.1) is 32.2 Å². The van der Waals surface area contributed by atoms with Crippen molar-refractivity contribution in [2.24, 2.45) is 5.92 Å². The highest BCUT2D eigenvalue weighted by Crippen LogP contribution is 2.27. The Morgan fingerprint density at radius 3 is 2.78 bits per heavy atom. The number of carbonyl (C=O) groups is 2. The van der Waals surface area contributed by atoms with Gasteiger partial charge in [0.15, 0.2) is 0 Å². The zero-order valence-corrected chi connectivity index (χ0v) is 21.6. The molecule has 0 aliphatic carbocycles. The first-order valence-corrected chi connectivity index (χ1v) is 12.0. The fourth-order valence-electron chi connectivity index (χ4n) is 3.87. The maximum atomic E-state index is 13.5. The van der Waals surface area contributed by atoms with E-state index in [1.54, 1.807) is 54.5 Å². The summed E-state index contributed by atoms with van der Waals surface area (Å²) in [6.45, 7) is 4.87. The van der Waals surface area contributed by atoms with Crippen molar-refractivity contribution in [1.82, 2.24) is 24.7 Å². The molecule has 2 aromatic rings. The molecule has 0 saturated carbocycles. The van der Waals surface area contributed by atoms with Crippen molar-refractivity contribution in [2.75, 3.05) is 47.4 Å². The number of aromatic nitrogens is 2. The predicted molar refractivity (Wildman–Crippen MR) is 136 cm³/mol. The first kappa shape index (κ1) is 27.1. The van der Waals surface area contributed by atoms with Crippen molar-refractivity contribution in [3.05, 3.63) is 53.5 Å². The van der Waals surface area contributed by atoms with Crippen LogP contribution in [0.4, 0.5) is 0 Å². The third-order valence-corrected chi connectivity index (χ3v) is 6.11. The molecule has 0 aromatic carbocycles. The summed E-state index contributed by atoms with van der Waals surface area (Å²) in [4.78, 5) is 40.1. The van der Waals surface area contributed by atoms with Gasteiger partial charge in [-0.05, 0) is 38.7 Å². The fourth-order valence-corrected chi connectivity index (χ4v) is 3.87. The highest BCUT2D eigenvalue weighted by molar-refractivity contribution is 5.97. The standard InChI is InChI=1S/C27H35N5O4/c1-19-16-32(20(2)18-33)27(35)23-12-21(9-7-11-30(3)4)15-29-26(23)36-24(19)17-31(5)25(34)13-22-8-6-10-28-14-22/h6,8,10,12,14-15,19-20,24,33H,11,13,16-18H2,1-5H3/t19-,20+,24+/m1/s1. The topological polar surface area (TPSA) is 99.1 Å². The van der Waals surface area contributed by atoms with E-state index in [1.807, 2.05) is 32.0 Å². The molecule has 0 fully saturated rings. The molecule has 0 radical (unpaired) electrons. The molecule has 0 bridgehead atoms. The molecule has 3 heterocycles. The van der Waals surface area contributed by atoms with E-state index in [0.29, 0.717) is 30.8 Å². The van der Waals surface area contributed by atoms with Crippen LogP contribution in [0.5, 0.6) is 5.88 Å². The minimum Gasteiger partial charge on any atom is -0.472 e. The molecule has 0 unspecified atom stereocenters. The number of ether oxygens (including phenoxy) is 1. The van der Waals surface area contributed by atoms with E-state index in [0.717, 1.165) is 5.56 Å². The Balaban J connectivity index is 1.87. The molecule has 192 valence electrons. The van der Waals surface area contributed by atoms with Gasteiger partial charge in [0.1, 0.15) is 11.7 Å². The van der Waals surface area contributed by atoms with Crippen LogP contribution < -0.4 is 4.74 Å². The van der Waals surface area contributed by atoms with Gasteiger partial charge < -0.3 is 19.6 Å². The zero-order valence-electron chi connectivity index (χ0n) is 21.6. The van der Waals surface area contributed by atoms with Crippen molar-refractivity contribution >= 4 is 11.8 Å². The van der Waals surface area contributed by atoms with Gasteiger partial charge in [-0.3, -0.25) is 19.5 Å². The molecule has 3 atom stereocenters. The first-order chi connectivity index (χ1) is 17.2. The highest BCUT2D eigenvalue weighted by atomic mass is 16.5. The molecule has 9 heteroatoms. The van der Waals surface area contributed by atoms with Crippen LogP contribution in [0.1, 0.15) is 35.3 Å². The summed E-state index contributed by atoms with van der Waals surface area (Å²) in [5, 5.41) is 9.82. The Morgan fingerprint density at radius 2 is 2.11 bits per heavy atom. The number of rotatable bonds is 7. The monoisotopic (exact) mass is 493 g/mol. The summed E-state index contributed by atoms with van der Waals surface area (Å²) < 4.78 is 6.27. The van der Waals surface area contributed by atoms with E-state index in [2.05, 4.69) is 21.8 Å². The van der Waals surface area contributed by atoms with Crippen LogP contribution in [0.15, 0.2) is 36.8 Å². The van der Waals surface area contributed by atoms with Gasteiger partial charge in [0.25, 0.3) is 5.91 Å². The van der Waals surface area contributed by atoms with Crippen LogP contribution in [-0.4, -0.2) is 101 Å². The number of hydrogen-bond donors (Lipinski definition) is 1. The molecule has 0 saturated heterocycles. The minimum absolute atomic E-state index is 0.0581. The van der Waals surface area contributed by atoms with Crippen LogP contribution in [0.3, 0.4) is 0 Å². The van der Waals surface area contributed by atoms with Gasteiger partial charge in [-0.15, -0.1) is 0 Å². The van der Waals surface area contributed by atoms with E-state index in [-0.39, 0.29) is 42.7 Å². The molecular weight excluding hydrogens is 458 g/mol. The van der Waals surface area contributed by atoms with Crippen molar-refractivity contribution in [1.29, 1.82) is 0 Å². The maximum absolute atomic E-state index is 13.5. The Labute approximate surface area is 213 Å². The van der Waals surface area contributed by atoms with Gasteiger partial charge in [-0.1, -0.05) is 24.8 Å². The molecule has 1 N–H and O–H groups in total. The average Bonchev–Trinajstić information content (AvgIpc) is 2.86. The lowest BCUT2D eigenvalue weighted by Crippen LogP contribution is -2.50. The molecule has 9 nitrogen and oxygen atoms in total. The quantitative estimate of drug-likeness (QED) is 0.581. The van der Waals surface area contributed by atoms with Gasteiger partial charge in [0, 0.05) is 43.7 Å². The van der Waals surface area contributed by atoms with Crippen LogP contribution in [0, 0.1) is 17.8 Å². The Morgan fingerprint density at radius 1 is 1.33 bits per heavy atom. The molecule has 36 heavy (non-hydrogen) atoms. The van der Waals surface area contributed by atoms with Crippen LogP contribution >= 0.6 is 0 Å². The Hall–Kier alpha value is -3.48. The number of likely N-dealkylation sites (N-methyl/N-ethyl adjacent to an activating group) is 1. The molecule has 1 aliphatic rings. The molecule has 2 amide bonds. The van der Waals surface area contributed by atoms with Crippen molar-refractivity contribution in [3.8, 4) is 17.7 Å². The van der Waals surface area contributed by atoms with E-state index < -0.39 is 6.10 Å². The lowest BCUT2D eigenvalue weighted by molar-refractivity contribution is -0.130. The van der Waals surface area contributed by atoms with Gasteiger partial charge >= 0.3 is 0 Å². The van der Waals surface area contributed by atoms with E-state index in [1.165, 1.54) is 0 Å². The second-order valence-corrected chi connectivity index (χ2v) is 9.55. The number of amides is 2. The Bertz CT molecular complexity index is 1110. The van der Waals surface area contributed by atoms with Crippen LogP contribution in [0.2, 0.25) is 0 Å². The van der Waals surface area contributed by atoms with Crippen molar-refractivity contribution in [2.45, 2.75) is 32.4 Å². The summed E-state index contributed by atoms with van der Waals surface area (Å²) in [6, 6.07) is 4.97. The number of aliphatic hydroxyl groups excluding tert-OH is 1. The summed E-state index contributed by atoms with van der Waals surface area (Å²) in [5.41, 5.74) is 1.75. The number of carbonyl (C=O) groups excluding carboxylic acids is 2. The minimum atomic E-state index is -0.411. The largest absolute Gasteiger partial charge is 0.472 e. The van der Waals surface area contributed by atoms with Gasteiger partial charge in [-0.25, -0.2) is 4.98 Å². The normalized spacial score (nSPS) is 18.3. The number of pyridine rings is 2. The van der Waals surface area contributed by atoms with Crippen molar-refractivity contribution < 1.29 is 19.4 Å². The van der Waals surface area contributed by atoms with Gasteiger partial charge in [-0.2, -0.15) is 0 Å². The fraction of sp³-hybridized carbons (Fsp3) is 0.481.